The molecular weight excluding hydrogens is 395 g/mol. The lowest BCUT2D eigenvalue weighted by Gasteiger charge is -2.31. The highest BCUT2D eigenvalue weighted by Crippen LogP contribution is 2.48. The van der Waals surface area contributed by atoms with Crippen molar-refractivity contribution in [1.29, 1.82) is 0 Å². The first kappa shape index (κ1) is 17.5. The Kier molecular flexibility index (Phi) is 3.38. The highest BCUT2D eigenvalue weighted by molar-refractivity contribution is 7.12. The van der Waals surface area contributed by atoms with Crippen molar-refractivity contribution in [3.63, 3.8) is 0 Å². The number of H-pyrrole nitrogens is 1. The summed E-state index contributed by atoms with van der Waals surface area (Å²) in [4.78, 5) is 27.8. The molecule has 4 heterocycles. The molecule has 2 aliphatic heterocycles. The number of nitrogens with two attached hydrogens (primary N) is 1. The van der Waals surface area contributed by atoms with Crippen LogP contribution in [0.5, 0.6) is 5.75 Å². The van der Waals surface area contributed by atoms with E-state index in [4.69, 9.17) is 10.5 Å². The molecule has 1 aromatic carbocycles. The number of pyridine rings is 1. The van der Waals surface area contributed by atoms with Gasteiger partial charge in [-0.2, -0.15) is 0 Å². The third-order valence-electron chi connectivity index (χ3n) is 6.85. The molecule has 0 spiro atoms. The number of aromatic amines is 1. The zero-order valence-corrected chi connectivity index (χ0v) is 16.8. The molecule has 1 saturated carbocycles. The first-order chi connectivity index (χ1) is 13.9. The van der Waals surface area contributed by atoms with E-state index < -0.39 is 16.8 Å². The van der Waals surface area contributed by atoms with Gasteiger partial charge in [-0.15, -0.1) is 0 Å². The largest absolute Gasteiger partial charge is 0.487 e. The molecule has 9 heteroatoms. The van der Waals surface area contributed by atoms with Crippen LogP contribution in [0.15, 0.2) is 15.7 Å². The molecule has 1 saturated heterocycles. The number of fused-ring (bicyclic) bond motifs is 2. The second kappa shape index (κ2) is 5.60. The van der Waals surface area contributed by atoms with Gasteiger partial charge in [0.15, 0.2) is 11.6 Å². The van der Waals surface area contributed by atoms with E-state index in [0.717, 1.165) is 30.8 Å². The Hall–Kier alpha value is -2.39. The van der Waals surface area contributed by atoms with Crippen LogP contribution in [0, 0.1) is 11.7 Å². The van der Waals surface area contributed by atoms with Crippen LogP contribution in [0.2, 0.25) is 0 Å². The third-order valence-corrected chi connectivity index (χ3v) is 7.73. The molecule has 3 aromatic rings. The van der Waals surface area contributed by atoms with E-state index in [0.29, 0.717) is 47.4 Å². The number of halogens is 1. The maximum atomic E-state index is 15.3. The topological polar surface area (TPSA) is 93.3 Å². The van der Waals surface area contributed by atoms with Crippen LogP contribution in [0.3, 0.4) is 0 Å². The average Bonchev–Trinajstić information content (AvgIpc) is 3.10. The van der Waals surface area contributed by atoms with Crippen LogP contribution in [0.1, 0.15) is 32.2 Å². The summed E-state index contributed by atoms with van der Waals surface area (Å²) in [5.74, 6) is 0.256. The lowest BCUT2D eigenvalue weighted by molar-refractivity contribution is 0.250. The molecule has 2 aromatic heterocycles. The lowest BCUT2D eigenvalue weighted by Crippen LogP contribution is -2.35. The predicted octanol–water partition coefficient (Wildman–Crippen LogP) is 2.31. The Bertz CT molecular complexity index is 1310. The molecule has 29 heavy (non-hydrogen) atoms. The second-order valence-corrected chi connectivity index (χ2v) is 9.46. The monoisotopic (exact) mass is 416 g/mol. The van der Waals surface area contributed by atoms with Crippen LogP contribution < -0.4 is 26.4 Å². The number of ether oxygens (including phenoxy) is 1. The van der Waals surface area contributed by atoms with Gasteiger partial charge in [-0.1, -0.05) is 0 Å². The molecule has 2 atom stereocenters. The fourth-order valence-corrected chi connectivity index (χ4v) is 5.98. The molecular formula is C20H21FN4O3S. The van der Waals surface area contributed by atoms with Gasteiger partial charge < -0.3 is 19.9 Å². The molecule has 0 radical (unpaired) electrons. The van der Waals surface area contributed by atoms with E-state index in [1.807, 2.05) is 16.4 Å². The van der Waals surface area contributed by atoms with Crippen molar-refractivity contribution < 1.29 is 9.13 Å². The number of nitrogens with zero attached hydrogens (tertiary/aromatic N) is 2. The number of anilines is 1. The summed E-state index contributed by atoms with van der Waals surface area (Å²) < 4.78 is 26.0. The van der Waals surface area contributed by atoms with Crippen LogP contribution >= 0.6 is 11.5 Å². The van der Waals surface area contributed by atoms with Crippen molar-refractivity contribution in [2.75, 3.05) is 24.6 Å². The molecule has 3 N–H and O–H groups in total. The van der Waals surface area contributed by atoms with E-state index in [2.05, 4.69) is 4.37 Å². The van der Waals surface area contributed by atoms with Gasteiger partial charge in [-0.25, -0.2) is 4.39 Å². The van der Waals surface area contributed by atoms with Crippen LogP contribution in [-0.2, 0) is 0 Å². The Morgan fingerprint density at radius 2 is 2.17 bits per heavy atom. The van der Waals surface area contributed by atoms with Crippen LogP contribution in [0.25, 0.3) is 21.1 Å². The highest BCUT2D eigenvalue weighted by Gasteiger charge is 2.48. The Morgan fingerprint density at radius 1 is 1.38 bits per heavy atom. The lowest BCUT2D eigenvalue weighted by atomic mass is 9.97. The van der Waals surface area contributed by atoms with Gasteiger partial charge in [-0.3, -0.25) is 14.0 Å². The van der Waals surface area contributed by atoms with E-state index in [1.165, 1.54) is 6.07 Å². The van der Waals surface area contributed by atoms with Crippen molar-refractivity contribution in [3.8, 4) is 5.75 Å². The summed E-state index contributed by atoms with van der Waals surface area (Å²) in [6.45, 7) is 3.72. The highest BCUT2D eigenvalue weighted by atomic mass is 32.1. The molecule has 0 bridgehead atoms. The smallest absolute Gasteiger partial charge is 0.271 e. The van der Waals surface area contributed by atoms with E-state index in [1.54, 1.807) is 0 Å². The Labute approximate surface area is 169 Å². The van der Waals surface area contributed by atoms with Crippen molar-refractivity contribution in [2.45, 2.75) is 37.8 Å². The molecule has 6 rings (SSSR count). The summed E-state index contributed by atoms with van der Waals surface area (Å²) in [7, 11) is 0. The fourth-order valence-electron chi connectivity index (χ4n) is 5.03. The number of rotatable bonds is 2. The fraction of sp³-hybridized carbons (Fsp3) is 0.500. The first-order valence-corrected chi connectivity index (χ1v) is 10.8. The number of nitrogens with one attached hydrogen (secondary N) is 1. The first-order valence-electron chi connectivity index (χ1n) is 9.97. The Balaban J connectivity index is 1.63. The molecule has 3 aliphatic rings. The minimum atomic E-state index is -0.487. The van der Waals surface area contributed by atoms with Crippen molar-refractivity contribution in [3.05, 3.63) is 32.5 Å². The van der Waals surface area contributed by atoms with Crippen LogP contribution in [0.4, 0.5) is 10.1 Å². The molecule has 2 fully saturated rings. The third kappa shape index (κ3) is 2.25. The van der Waals surface area contributed by atoms with Gasteiger partial charge in [0.1, 0.15) is 22.5 Å². The van der Waals surface area contributed by atoms with Crippen molar-refractivity contribution >= 4 is 38.3 Å². The Morgan fingerprint density at radius 3 is 2.93 bits per heavy atom. The summed E-state index contributed by atoms with van der Waals surface area (Å²) >= 11 is 1.14. The van der Waals surface area contributed by atoms with Gasteiger partial charge >= 0.3 is 0 Å². The SMILES string of the molecule is C[C@H]1COc2c(N3CCC(C4(N)CC4)C3)c(F)cc3c(=O)c4c(=O)[nH]sc4n1c23. The van der Waals surface area contributed by atoms with Crippen molar-refractivity contribution in [2.24, 2.45) is 11.7 Å². The number of benzene rings is 1. The quantitative estimate of drug-likeness (QED) is 0.669. The molecule has 1 aliphatic carbocycles. The normalized spacial score (nSPS) is 25.0. The minimum Gasteiger partial charge on any atom is -0.487 e. The predicted molar refractivity (Wildman–Crippen MR) is 111 cm³/mol. The van der Waals surface area contributed by atoms with E-state index >= 15 is 4.39 Å². The molecule has 7 nitrogen and oxygen atoms in total. The zero-order valence-electron chi connectivity index (χ0n) is 16.0. The van der Waals surface area contributed by atoms with Gasteiger partial charge in [0, 0.05) is 18.6 Å². The van der Waals surface area contributed by atoms with Gasteiger partial charge in [0.25, 0.3) is 5.56 Å². The maximum absolute atomic E-state index is 15.3. The number of hydrogen-bond donors (Lipinski definition) is 2. The van der Waals surface area contributed by atoms with Gasteiger partial charge in [-0.05, 0) is 49.7 Å². The van der Waals surface area contributed by atoms with Gasteiger partial charge in [0.05, 0.1) is 16.9 Å². The van der Waals surface area contributed by atoms with Gasteiger partial charge in [0.2, 0.25) is 5.43 Å². The van der Waals surface area contributed by atoms with Crippen molar-refractivity contribution in [1.82, 2.24) is 8.94 Å². The maximum Gasteiger partial charge on any atom is 0.271 e. The standard InChI is InChI=1S/C20H21FN4O3S/c1-9-8-28-17-14-11(16(26)13-18(27)23-29-19(13)25(9)14)6-12(21)15(17)24-5-2-10(7-24)20(22)3-4-20/h6,9-10H,2-5,7-8,22H2,1H3,(H,23,27)/t9-,10?/m0/s1. The number of aromatic nitrogens is 2. The molecule has 152 valence electrons. The summed E-state index contributed by atoms with van der Waals surface area (Å²) in [5.41, 5.74) is 6.40. The second-order valence-electron chi connectivity index (χ2n) is 8.67. The molecule has 1 unspecified atom stereocenters. The molecule has 0 amide bonds. The summed E-state index contributed by atoms with van der Waals surface area (Å²) in [6.07, 6.45) is 2.97. The summed E-state index contributed by atoms with van der Waals surface area (Å²) in [6, 6.07) is 1.19. The number of hydrogen-bond acceptors (Lipinski definition) is 6. The average molecular weight is 416 g/mol. The van der Waals surface area contributed by atoms with E-state index in [-0.39, 0.29) is 22.4 Å². The van der Waals surface area contributed by atoms with Crippen LogP contribution in [-0.4, -0.2) is 34.2 Å². The minimum absolute atomic E-state index is 0.0806. The summed E-state index contributed by atoms with van der Waals surface area (Å²) in [5, 5.41) is 0.284. The zero-order chi connectivity index (χ0) is 20.1. The van der Waals surface area contributed by atoms with E-state index in [9.17, 15) is 9.59 Å².